The Hall–Kier alpha value is -3.56. The monoisotopic (exact) mass is 477 g/mol. The third-order valence-electron chi connectivity index (χ3n) is 6.94. The molecule has 0 fully saturated rings. The van der Waals surface area contributed by atoms with Crippen molar-refractivity contribution in [3.63, 3.8) is 0 Å². The van der Waals surface area contributed by atoms with Gasteiger partial charge in [0.2, 0.25) is 0 Å². The van der Waals surface area contributed by atoms with Crippen LogP contribution < -0.4 is 9.47 Å². The molecule has 1 aliphatic rings. The molecule has 184 valence electrons. The van der Waals surface area contributed by atoms with E-state index in [9.17, 15) is 0 Å². The van der Waals surface area contributed by atoms with Crippen LogP contribution in [0.3, 0.4) is 0 Å². The maximum absolute atomic E-state index is 6.41. The third kappa shape index (κ3) is 5.98. The summed E-state index contributed by atoms with van der Waals surface area (Å²) in [5.41, 5.74) is 6.44. The Balaban J connectivity index is 1.44. The average Bonchev–Trinajstić information content (AvgIpc) is 2.93. The lowest BCUT2D eigenvalue weighted by Gasteiger charge is -2.38. The Kier molecular flexibility index (Phi) is 7.99. The number of rotatable bonds is 10. The molecule has 5 rings (SSSR count). The maximum Gasteiger partial charge on any atom is 0.162 e. The van der Waals surface area contributed by atoms with Gasteiger partial charge in [-0.25, -0.2) is 0 Å². The van der Waals surface area contributed by atoms with Crippen LogP contribution in [0.15, 0.2) is 103 Å². The molecule has 0 bridgehead atoms. The van der Waals surface area contributed by atoms with E-state index in [1.807, 2.05) is 12.1 Å². The van der Waals surface area contributed by atoms with Crippen molar-refractivity contribution < 1.29 is 9.47 Å². The van der Waals surface area contributed by atoms with Crippen molar-refractivity contribution in [2.24, 2.45) is 0 Å². The minimum Gasteiger partial charge on any atom is -0.485 e. The van der Waals surface area contributed by atoms with E-state index >= 15 is 0 Å². The summed E-state index contributed by atoms with van der Waals surface area (Å²) in [7, 11) is 0. The van der Waals surface area contributed by atoms with E-state index in [0.717, 1.165) is 55.0 Å². The van der Waals surface area contributed by atoms with Crippen molar-refractivity contribution in [1.82, 2.24) is 4.90 Å². The van der Waals surface area contributed by atoms with Gasteiger partial charge in [-0.05, 0) is 52.8 Å². The first kappa shape index (κ1) is 24.1. The lowest BCUT2D eigenvalue weighted by Crippen LogP contribution is -2.35. The summed E-state index contributed by atoms with van der Waals surface area (Å²) in [4.78, 5) is 2.63. The van der Waals surface area contributed by atoms with E-state index in [1.165, 1.54) is 16.7 Å². The van der Waals surface area contributed by atoms with Crippen molar-refractivity contribution >= 4 is 0 Å². The van der Waals surface area contributed by atoms with E-state index < -0.39 is 0 Å². The molecule has 1 aliphatic heterocycles. The maximum atomic E-state index is 6.41. The summed E-state index contributed by atoms with van der Waals surface area (Å²) in [5.74, 6) is 1.66. The Bertz CT molecular complexity index is 1220. The van der Waals surface area contributed by atoms with Gasteiger partial charge in [-0.1, -0.05) is 104 Å². The molecule has 4 aromatic carbocycles. The molecule has 0 aromatic heterocycles. The second-order valence-electron chi connectivity index (χ2n) is 9.56. The van der Waals surface area contributed by atoms with Crippen molar-refractivity contribution in [3.05, 3.63) is 131 Å². The van der Waals surface area contributed by atoms with E-state index in [0.29, 0.717) is 19.3 Å². The first-order chi connectivity index (χ1) is 17.8. The molecule has 0 N–H and O–H groups in total. The summed E-state index contributed by atoms with van der Waals surface area (Å²) in [6.45, 7) is 5.35. The molecule has 3 heteroatoms. The van der Waals surface area contributed by atoms with Gasteiger partial charge in [-0.15, -0.1) is 0 Å². The number of ether oxygens (including phenoxy) is 2. The molecule has 1 unspecified atom stereocenters. The fraction of sp³-hybridized carbons (Fsp3) is 0.273. The molecule has 0 saturated heterocycles. The molecule has 0 aliphatic carbocycles. The summed E-state index contributed by atoms with van der Waals surface area (Å²) in [5, 5.41) is 0. The Morgan fingerprint density at radius 3 is 1.78 bits per heavy atom. The molecule has 0 amide bonds. The predicted octanol–water partition coefficient (Wildman–Crippen LogP) is 7.74. The summed E-state index contributed by atoms with van der Waals surface area (Å²) < 4.78 is 12.8. The number of nitrogens with zero attached hydrogens (tertiary/aromatic N) is 1. The summed E-state index contributed by atoms with van der Waals surface area (Å²) in [6, 6.07) is 36.4. The van der Waals surface area contributed by atoms with Gasteiger partial charge in [-0.3, -0.25) is 4.90 Å². The second kappa shape index (κ2) is 11.9. The van der Waals surface area contributed by atoms with Gasteiger partial charge in [0.25, 0.3) is 0 Å². The van der Waals surface area contributed by atoms with Crippen LogP contribution in [0, 0.1) is 0 Å². The molecule has 4 aromatic rings. The second-order valence-corrected chi connectivity index (χ2v) is 9.56. The fourth-order valence-electron chi connectivity index (χ4n) is 5.08. The predicted molar refractivity (Wildman–Crippen MR) is 146 cm³/mol. The zero-order valence-electron chi connectivity index (χ0n) is 21.1. The first-order valence-electron chi connectivity index (χ1n) is 13.1. The highest BCUT2D eigenvalue weighted by Crippen LogP contribution is 2.41. The van der Waals surface area contributed by atoms with Crippen LogP contribution in [-0.2, 0) is 26.2 Å². The van der Waals surface area contributed by atoms with Crippen LogP contribution in [0.25, 0.3) is 0 Å². The molecule has 1 atom stereocenters. The van der Waals surface area contributed by atoms with Gasteiger partial charge >= 0.3 is 0 Å². The molecule has 36 heavy (non-hydrogen) atoms. The Labute approximate surface area is 215 Å². The van der Waals surface area contributed by atoms with Gasteiger partial charge < -0.3 is 9.47 Å². The normalized spacial score (nSPS) is 15.3. The molecule has 0 radical (unpaired) electrons. The zero-order chi connectivity index (χ0) is 24.6. The molecular formula is C33H35NO2. The Morgan fingerprint density at radius 2 is 1.22 bits per heavy atom. The van der Waals surface area contributed by atoms with Gasteiger partial charge in [-0.2, -0.15) is 0 Å². The van der Waals surface area contributed by atoms with Crippen molar-refractivity contribution in [2.45, 2.75) is 52.0 Å². The van der Waals surface area contributed by atoms with Crippen LogP contribution >= 0.6 is 0 Å². The Morgan fingerprint density at radius 1 is 0.694 bits per heavy atom. The van der Waals surface area contributed by atoms with Crippen LogP contribution in [0.5, 0.6) is 11.5 Å². The lowest BCUT2D eigenvalue weighted by molar-refractivity contribution is 0.164. The molecule has 0 saturated carbocycles. The molecular weight excluding hydrogens is 442 g/mol. The van der Waals surface area contributed by atoms with Gasteiger partial charge in [0.05, 0.1) is 0 Å². The third-order valence-corrected chi connectivity index (χ3v) is 6.94. The average molecular weight is 478 g/mol. The highest BCUT2D eigenvalue weighted by atomic mass is 16.5. The number of hydrogen-bond acceptors (Lipinski definition) is 3. The van der Waals surface area contributed by atoms with Crippen molar-refractivity contribution in [1.29, 1.82) is 0 Å². The topological polar surface area (TPSA) is 21.7 Å². The van der Waals surface area contributed by atoms with E-state index in [4.69, 9.17) is 9.47 Å². The van der Waals surface area contributed by atoms with Gasteiger partial charge in [0.15, 0.2) is 11.5 Å². The summed E-state index contributed by atoms with van der Waals surface area (Å²) in [6.07, 6.45) is 3.28. The van der Waals surface area contributed by atoms with Crippen LogP contribution in [-0.4, -0.2) is 11.4 Å². The van der Waals surface area contributed by atoms with Gasteiger partial charge in [0.1, 0.15) is 13.2 Å². The smallest absolute Gasteiger partial charge is 0.162 e. The van der Waals surface area contributed by atoms with Crippen molar-refractivity contribution in [3.8, 4) is 11.5 Å². The molecule has 0 spiro atoms. The number of benzene rings is 4. The van der Waals surface area contributed by atoms with E-state index in [2.05, 4.69) is 103 Å². The quantitative estimate of drug-likeness (QED) is 0.233. The zero-order valence-corrected chi connectivity index (χ0v) is 21.1. The summed E-state index contributed by atoms with van der Waals surface area (Å²) >= 11 is 0. The van der Waals surface area contributed by atoms with Crippen LogP contribution in [0.1, 0.15) is 53.6 Å². The highest BCUT2D eigenvalue weighted by molar-refractivity contribution is 5.50. The van der Waals surface area contributed by atoms with E-state index in [1.54, 1.807) is 0 Å². The van der Waals surface area contributed by atoms with E-state index in [-0.39, 0.29) is 0 Å². The highest BCUT2D eigenvalue weighted by Gasteiger charge is 2.28. The van der Waals surface area contributed by atoms with Crippen LogP contribution in [0.2, 0.25) is 0 Å². The van der Waals surface area contributed by atoms with Gasteiger partial charge in [0, 0.05) is 19.1 Å². The lowest BCUT2D eigenvalue weighted by atomic mass is 9.89. The number of hydrogen-bond donors (Lipinski definition) is 0. The minimum absolute atomic E-state index is 0.376. The fourth-order valence-corrected chi connectivity index (χ4v) is 5.08. The number of fused-ring (bicyclic) bond motifs is 1. The first-order valence-corrected chi connectivity index (χ1v) is 13.1. The SMILES string of the molecule is CCCC1c2cc(OCc3ccccc3)c(OCc3ccccc3)cc2CCN1Cc1ccccc1. The largest absolute Gasteiger partial charge is 0.485 e. The standard InChI is InChI=1S/C33H35NO2/c1-2-12-31-30-22-33(36-25-28-17-10-5-11-18-28)32(35-24-27-15-8-4-9-16-27)21-29(30)19-20-34(31)23-26-13-6-3-7-14-26/h3-11,13-18,21-22,31H,2,12,19-20,23-25H2,1H3. The van der Waals surface area contributed by atoms with Crippen molar-refractivity contribution in [2.75, 3.05) is 6.54 Å². The molecule has 1 heterocycles. The minimum atomic E-state index is 0.376. The molecule has 3 nitrogen and oxygen atoms in total. The van der Waals surface area contributed by atoms with Crippen LogP contribution in [0.4, 0.5) is 0 Å².